The van der Waals surface area contributed by atoms with E-state index in [0.29, 0.717) is 11.3 Å². The minimum Gasteiger partial charge on any atom is -0.380 e. The molecular formula is C15H22FN3O. The van der Waals surface area contributed by atoms with E-state index in [-0.39, 0.29) is 11.9 Å². The SMILES string of the molecule is CCN1CCCC(Nc2cc(C(N)=O)ccc2F)CC1. The zero-order valence-electron chi connectivity index (χ0n) is 11.9. The van der Waals surface area contributed by atoms with Crippen molar-refractivity contribution < 1.29 is 9.18 Å². The van der Waals surface area contributed by atoms with Crippen LogP contribution in [0.2, 0.25) is 0 Å². The molecule has 1 unspecified atom stereocenters. The lowest BCUT2D eigenvalue weighted by Crippen LogP contribution is -2.26. The van der Waals surface area contributed by atoms with Crippen molar-refractivity contribution in [2.75, 3.05) is 25.0 Å². The Bertz CT molecular complexity index is 478. The maximum Gasteiger partial charge on any atom is 0.248 e. The minimum absolute atomic E-state index is 0.240. The maximum atomic E-state index is 13.8. The zero-order valence-corrected chi connectivity index (χ0v) is 11.9. The molecule has 110 valence electrons. The number of carbonyl (C=O) groups is 1. The summed E-state index contributed by atoms with van der Waals surface area (Å²) in [7, 11) is 0. The number of nitrogens with two attached hydrogens (primary N) is 1. The quantitative estimate of drug-likeness (QED) is 0.888. The maximum absolute atomic E-state index is 13.8. The summed E-state index contributed by atoms with van der Waals surface area (Å²) in [6, 6.07) is 4.44. The van der Waals surface area contributed by atoms with E-state index >= 15 is 0 Å². The topological polar surface area (TPSA) is 58.4 Å². The zero-order chi connectivity index (χ0) is 14.5. The Hall–Kier alpha value is -1.62. The van der Waals surface area contributed by atoms with E-state index in [1.807, 2.05) is 0 Å². The lowest BCUT2D eigenvalue weighted by molar-refractivity contribution is 0.100. The highest BCUT2D eigenvalue weighted by molar-refractivity contribution is 5.93. The predicted octanol–water partition coefficient (Wildman–Crippen LogP) is 2.21. The summed E-state index contributed by atoms with van der Waals surface area (Å²) in [6.07, 6.45) is 3.09. The molecule has 1 atom stereocenters. The van der Waals surface area contributed by atoms with Gasteiger partial charge in [0.2, 0.25) is 5.91 Å². The van der Waals surface area contributed by atoms with Gasteiger partial charge in [-0.05, 0) is 50.6 Å². The van der Waals surface area contributed by atoms with Gasteiger partial charge in [0.05, 0.1) is 5.69 Å². The normalized spacial score (nSPS) is 20.4. The first kappa shape index (κ1) is 14.8. The average Bonchev–Trinajstić information content (AvgIpc) is 2.66. The van der Waals surface area contributed by atoms with Gasteiger partial charge in [-0.2, -0.15) is 0 Å². The smallest absolute Gasteiger partial charge is 0.248 e. The summed E-state index contributed by atoms with van der Waals surface area (Å²) in [5.74, 6) is -0.877. The summed E-state index contributed by atoms with van der Waals surface area (Å²) in [5, 5.41) is 3.22. The Labute approximate surface area is 119 Å². The molecule has 0 bridgehead atoms. The first-order valence-corrected chi connectivity index (χ1v) is 7.18. The molecule has 0 spiro atoms. The van der Waals surface area contributed by atoms with Crippen molar-refractivity contribution in [3.05, 3.63) is 29.6 Å². The number of hydrogen-bond donors (Lipinski definition) is 2. The van der Waals surface area contributed by atoms with E-state index in [1.54, 1.807) is 0 Å². The molecule has 1 saturated heterocycles. The highest BCUT2D eigenvalue weighted by atomic mass is 19.1. The third-order valence-corrected chi connectivity index (χ3v) is 3.88. The molecule has 0 radical (unpaired) electrons. The predicted molar refractivity (Wildman–Crippen MR) is 78.3 cm³/mol. The minimum atomic E-state index is -0.536. The lowest BCUT2D eigenvalue weighted by Gasteiger charge is -2.19. The van der Waals surface area contributed by atoms with Crippen molar-refractivity contribution in [2.45, 2.75) is 32.2 Å². The van der Waals surface area contributed by atoms with Crippen LogP contribution in [0, 0.1) is 5.82 Å². The molecule has 0 aliphatic carbocycles. The molecule has 1 aliphatic heterocycles. The van der Waals surface area contributed by atoms with E-state index in [2.05, 4.69) is 17.1 Å². The molecule has 3 N–H and O–H groups in total. The van der Waals surface area contributed by atoms with E-state index in [9.17, 15) is 9.18 Å². The van der Waals surface area contributed by atoms with Gasteiger partial charge in [-0.25, -0.2) is 4.39 Å². The highest BCUT2D eigenvalue weighted by Crippen LogP contribution is 2.21. The molecule has 1 heterocycles. The Morgan fingerprint density at radius 2 is 2.25 bits per heavy atom. The standard InChI is InChI=1S/C15H22FN3O/c1-2-19-8-3-4-12(7-9-19)18-14-10-11(15(17)20)5-6-13(14)16/h5-6,10,12,18H,2-4,7-9H2,1H3,(H2,17,20). The summed E-state index contributed by atoms with van der Waals surface area (Å²) < 4.78 is 13.8. The van der Waals surface area contributed by atoms with E-state index in [4.69, 9.17) is 5.73 Å². The Morgan fingerprint density at radius 3 is 2.95 bits per heavy atom. The van der Waals surface area contributed by atoms with Crippen LogP contribution >= 0.6 is 0 Å². The van der Waals surface area contributed by atoms with Gasteiger partial charge in [0, 0.05) is 18.2 Å². The molecule has 1 aliphatic rings. The first-order chi connectivity index (χ1) is 9.60. The molecule has 0 saturated carbocycles. The third kappa shape index (κ3) is 3.70. The Kier molecular flexibility index (Phi) is 4.95. The number of nitrogens with one attached hydrogen (secondary N) is 1. The monoisotopic (exact) mass is 279 g/mol. The van der Waals surface area contributed by atoms with Gasteiger partial charge in [-0.15, -0.1) is 0 Å². The second-order valence-electron chi connectivity index (χ2n) is 5.27. The van der Waals surface area contributed by atoms with Crippen LogP contribution in [0.4, 0.5) is 10.1 Å². The summed E-state index contributed by atoms with van der Waals surface area (Å²) >= 11 is 0. The van der Waals surface area contributed by atoms with Crippen LogP contribution < -0.4 is 11.1 Å². The van der Waals surface area contributed by atoms with E-state index in [0.717, 1.165) is 38.9 Å². The molecule has 4 nitrogen and oxygen atoms in total. The van der Waals surface area contributed by atoms with Crippen LogP contribution in [0.25, 0.3) is 0 Å². The van der Waals surface area contributed by atoms with Crippen molar-refractivity contribution in [3.63, 3.8) is 0 Å². The molecule has 5 heteroatoms. The summed E-state index contributed by atoms with van der Waals surface area (Å²) in [5.41, 5.74) is 5.93. The number of benzene rings is 1. The number of hydrogen-bond acceptors (Lipinski definition) is 3. The molecule has 1 fully saturated rings. The van der Waals surface area contributed by atoms with Gasteiger partial charge in [0.15, 0.2) is 0 Å². The average molecular weight is 279 g/mol. The van der Waals surface area contributed by atoms with Crippen LogP contribution in [0.1, 0.15) is 36.5 Å². The molecule has 0 aromatic heterocycles. The van der Waals surface area contributed by atoms with E-state index in [1.165, 1.54) is 18.2 Å². The number of amides is 1. The van der Waals surface area contributed by atoms with Crippen LogP contribution in [0.15, 0.2) is 18.2 Å². The van der Waals surface area contributed by atoms with Crippen molar-refractivity contribution in [2.24, 2.45) is 5.73 Å². The number of nitrogens with zero attached hydrogens (tertiary/aromatic N) is 1. The van der Waals surface area contributed by atoms with Crippen LogP contribution in [0.5, 0.6) is 0 Å². The van der Waals surface area contributed by atoms with Gasteiger partial charge in [0.25, 0.3) is 0 Å². The van der Waals surface area contributed by atoms with Gasteiger partial charge < -0.3 is 16.0 Å². The first-order valence-electron chi connectivity index (χ1n) is 7.18. The van der Waals surface area contributed by atoms with Gasteiger partial charge in [0.1, 0.15) is 5.82 Å². The lowest BCUT2D eigenvalue weighted by atomic mass is 10.1. The summed E-state index contributed by atoms with van der Waals surface area (Å²) in [6.45, 7) is 5.33. The van der Waals surface area contributed by atoms with Crippen molar-refractivity contribution in [1.82, 2.24) is 4.90 Å². The van der Waals surface area contributed by atoms with Gasteiger partial charge in [-0.1, -0.05) is 6.92 Å². The molecule has 20 heavy (non-hydrogen) atoms. The van der Waals surface area contributed by atoms with Crippen molar-refractivity contribution >= 4 is 11.6 Å². The van der Waals surface area contributed by atoms with E-state index < -0.39 is 5.91 Å². The Balaban J connectivity index is 2.05. The number of carbonyl (C=O) groups excluding carboxylic acids is 1. The second-order valence-corrected chi connectivity index (χ2v) is 5.27. The molecular weight excluding hydrogens is 257 g/mol. The fourth-order valence-electron chi connectivity index (χ4n) is 2.63. The molecule has 1 amide bonds. The fourth-order valence-corrected chi connectivity index (χ4v) is 2.63. The Morgan fingerprint density at radius 1 is 1.45 bits per heavy atom. The van der Waals surface area contributed by atoms with Crippen LogP contribution in [-0.4, -0.2) is 36.5 Å². The third-order valence-electron chi connectivity index (χ3n) is 3.88. The van der Waals surface area contributed by atoms with Crippen LogP contribution in [0.3, 0.4) is 0 Å². The van der Waals surface area contributed by atoms with Crippen molar-refractivity contribution in [1.29, 1.82) is 0 Å². The molecule has 2 rings (SSSR count). The summed E-state index contributed by atoms with van der Waals surface area (Å²) in [4.78, 5) is 13.6. The molecule has 1 aromatic rings. The number of likely N-dealkylation sites (tertiary alicyclic amines) is 1. The van der Waals surface area contributed by atoms with Gasteiger partial charge in [-0.3, -0.25) is 4.79 Å². The number of rotatable bonds is 4. The number of primary amides is 1. The number of anilines is 1. The number of halogens is 1. The largest absolute Gasteiger partial charge is 0.380 e. The second kappa shape index (κ2) is 6.70. The van der Waals surface area contributed by atoms with Crippen LogP contribution in [-0.2, 0) is 0 Å². The fraction of sp³-hybridized carbons (Fsp3) is 0.533. The van der Waals surface area contributed by atoms with Gasteiger partial charge >= 0.3 is 0 Å². The van der Waals surface area contributed by atoms with Crippen molar-refractivity contribution in [3.8, 4) is 0 Å². The highest BCUT2D eigenvalue weighted by Gasteiger charge is 2.17. The molecule has 1 aromatic carbocycles.